The zero-order valence-electron chi connectivity index (χ0n) is 14.0. The summed E-state index contributed by atoms with van der Waals surface area (Å²) in [6.45, 7) is 1.89. The van der Waals surface area contributed by atoms with Gasteiger partial charge in [-0.25, -0.2) is 13.1 Å². The molecule has 0 aliphatic carbocycles. The van der Waals surface area contributed by atoms with Crippen molar-refractivity contribution in [2.75, 3.05) is 6.54 Å². The molecule has 0 bridgehead atoms. The van der Waals surface area contributed by atoms with Crippen molar-refractivity contribution >= 4 is 38.7 Å². The smallest absolute Gasteiger partial charge is 0.242 e. The van der Waals surface area contributed by atoms with Gasteiger partial charge in [-0.05, 0) is 24.6 Å². The molecule has 1 amide bonds. The molecule has 1 atom stereocenters. The van der Waals surface area contributed by atoms with E-state index in [2.05, 4.69) is 18.8 Å². The first-order valence-corrected chi connectivity index (χ1v) is 10.2. The molecule has 0 radical (unpaired) electrons. The van der Waals surface area contributed by atoms with E-state index in [1.165, 1.54) is 6.07 Å². The van der Waals surface area contributed by atoms with Crippen LogP contribution in [0.1, 0.15) is 24.9 Å². The number of benzene rings is 2. The molecule has 0 spiro atoms. The van der Waals surface area contributed by atoms with Crippen LogP contribution in [-0.4, -0.2) is 29.6 Å². The fourth-order valence-electron chi connectivity index (χ4n) is 2.51. The number of amides is 1. The quantitative estimate of drug-likeness (QED) is 0.644. The summed E-state index contributed by atoms with van der Waals surface area (Å²) in [7, 11) is -3.76. The molecule has 0 aliphatic heterocycles. The number of aromatic nitrogens is 2. The van der Waals surface area contributed by atoms with Crippen molar-refractivity contribution in [3.63, 3.8) is 0 Å². The number of nitrogens with one attached hydrogen (secondary N) is 2. The molecule has 0 unspecified atom stereocenters. The van der Waals surface area contributed by atoms with Gasteiger partial charge < -0.3 is 5.32 Å². The van der Waals surface area contributed by atoms with Crippen LogP contribution < -0.4 is 10.0 Å². The number of carbonyl (C=O) groups is 1. The van der Waals surface area contributed by atoms with Crippen molar-refractivity contribution in [1.82, 2.24) is 18.8 Å². The summed E-state index contributed by atoms with van der Waals surface area (Å²) >= 11 is 0.960. The standard InChI is InChI=1S/C17H18N4O3S2/c1-12(13-6-3-2-4-7-13)19-16(22)10-11-18-26(23,24)15-9-5-8-14-17(15)21-25-20-14/h2-9,12,18H,10-11H2,1H3,(H,19,22)/t12-/m1/s1. The number of sulfonamides is 1. The van der Waals surface area contributed by atoms with Gasteiger partial charge in [0.25, 0.3) is 0 Å². The summed E-state index contributed by atoms with van der Waals surface area (Å²) in [6, 6.07) is 14.2. The lowest BCUT2D eigenvalue weighted by Crippen LogP contribution is -2.32. The summed E-state index contributed by atoms with van der Waals surface area (Å²) in [4.78, 5) is 12.1. The molecule has 2 aromatic carbocycles. The van der Waals surface area contributed by atoms with Gasteiger partial charge in [-0.1, -0.05) is 36.4 Å². The Hall–Kier alpha value is -2.36. The summed E-state index contributed by atoms with van der Waals surface area (Å²) < 4.78 is 35.4. The first-order chi connectivity index (χ1) is 12.5. The average Bonchev–Trinajstić information content (AvgIpc) is 3.10. The van der Waals surface area contributed by atoms with Gasteiger partial charge in [-0.2, -0.15) is 8.75 Å². The van der Waals surface area contributed by atoms with E-state index < -0.39 is 10.0 Å². The van der Waals surface area contributed by atoms with E-state index >= 15 is 0 Å². The zero-order chi connectivity index (χ0) is 18.6. The maximum absolute atomic E-state index is 12.5. The van der Waals surface area contributed by atoms with Crippen LogP contribution >= 0.6 is 11.7 Å². The molecule has 7 nitrogen and oxygen atoms in total. The molecule has 1 heterocycles. The molecule has 3 rings (SSSR count). The second-order valence-corrected chi connectivity index (χ2v) is 8.00. The first-order valence-electron chi connectivity index (χ1n) is 8.02. The Balaban J connectivity index is 1.57. The third-order valence-electron chi connectivity index (χ3n) is 3.86. The molecular weight excluding hydrogens is 372 g/mol. The highest BCUT2D eigenvalue weighted by Gasteiger charge is 2.19. The van der Waals surface area contributed by atoms with Crippen molar-refractivity contribution in [2.24, 2.45) is 0 Å². The first kappa shape index (κ1) is 18.4. The van der Waals surface area contributed by atoms with Crippen LogP contribution in [0.5, 0.6) is 0 Å². The molecule has 1 aromatic heterocycles. The molecule has 136 valence electrons. The minimum atomic E-state index is -3.76. The average molecular weight is 390 g/mol. The molecule has 0 fully saturated rings. The molecule has 9 heteroatoms. The fourth-order valence-corrected chi connectivity index (χ4v) is 4.31. The van der Waals surface area contributed by atoms with E-state index in [9.17, 15) is 13.2 Å². The second kappa shape index (κ2) is 7.90. The Bertz CT molecular complexity index is 1000. The lowest BCUT2D eigenvalue weighted by molar-refractivity contribution is -0.121. The lowest BCUT2D eigenvalue weighted by atomic mass is 10.1. The highest BCUT2D eigenvalue weighted by atomic mass is 32.2. The largest absolute Gasteiger partial charge is 0.350 e. The molecule has 0 saturated heterocycles. The molecule has 0 saturated carbocycles. The Morgan fingerprint density at radius 3 is 2.65 bits per heavy atom. The predicted molar refractivity (Wildman–Crippen MR) is 100 cm³/mol. The predicted octanol–water partition coefficient (Wildman–Crippen LogP) is 2.24. The van der Waals surface area contributed by atoms with Gasteiger partial charge in [0.2, 0.25) is 15.9 Å². The molecular formula is C17H18N4O3S2. The molecule has 0 aliphatic rings. The number of fused-ring (bicyclic) bond motifs is 1. The van der Waals surface area contributed by atoms with E-state index in [0.29, 0.717) is 11.0 Å². The topological polar surface area (TPSA) is 101 Å². The zero-order valence-corrected chi connectivity index (χ0v) is 15.7. The van der Waals surface area contributed by atoms with E-state index in [4.69, 9.17) is 0 Å². The third-order valence-corrected chi connectivity index (χ3v) is 5.89. The number of carbonyl (C=O) groups excluding carboxylic acids is 1. The van der Waals surface area contributed by atoms with E-state index in [-0.39, 0.29) is 29.8 Å². The van der Waals surface area contributed by atoms with E-state index in [1.54, 1.807) is 12.1 Å². The Morgan fingerprint density at radius 2 is 1.88 bits per heavy atom. The number of rotatable bonds is 7. The summed E-state index contributed by atoms with van der Waals surface area (Å²) in [5.74, 6) is -0.224. The minimum absolute atomic E-state index is 0.00360. The van der Waals surface area contributed by atoms with Gasteiger partial charge in [-0.3, -0.25) is 4.79 Å². The summed E-state index contributed by atoms with van der Waals surface area (Å²) in [5, 5.41) is 2.85. The van der Waals surface area contributed by atoms with E-state index in [1.807, 2.05) is 37.3 Å². The van der Waals surface area contributed by atoms with Gasteiger partial charge in [0.1, 0.15) is 15.9 Å². The monoisotopic (exact) mass is 390 g/mol. The van der Waals surface area contributed by atoms with Gasteiger partial charge in [0, 0.05) is 13.0 Å². The van der Waals surface area contributed by atoms with Crippen LogP contribution in [0.3, 0.4) is 0 Å². The van der Waals surface area contributed by atoms with Crippen LogP contribution in [0, 0.1) is 0 Å². The van der Waals surface area contributed by atoms with Gasteiger partial charge >= 0.3 is 0 Å². The highest BCUT2D eigenvalue weighted by Crippen LogP contribution is 2.20. The SMILES string of the molecule is C[C@@H](NC(=O)CCNS(=O)(=O)c1cccc2nsnc12)c1ccccc1. The van der Waals surface area contributed by atoms with Crippen LogP contribution in [0.15, 0.2) is 53.4 Å². The third kappa shape index (κ3) is 4.24. The number of nitrogens with zero attached hydrogens (tertiary/aromatic N) is 2. The van der Waals surface area contributed by atoms with Crippen molar-refractivity contribution in [1.29, 1.82) is 0 Å². The summed E-state index contributed by atoms with van der Waals surface area (Å²) in [6.07, 6.45) is 0.0433. The van der Waals surface area contributed by atoms with Crippen LogP contribution in [0.2, 0.25) is 0 Å². The van der Waals surface area contributed by atoms with E-state index in [0.717, 1.165) is 17.3 Å². The normalized spacial score (nSPS) is 12.8. The van der Waals surface area contributed by atoms with Gasteiger partial charge in [0.05, 0.1) is 17.8 Å². The van der Waals surface area contributed by atoms with Crippen molar-refractivity contribution in [2.45, 2.75) is 24.3 Å². The second-order valence-electron chi connectivity index (χ2n) is 5.74. The molecule has 26 heavy (non-hydrogen) atoms. The lowest BCUT2D eigenvalue weighted by Gasteiger charge is -2.14. The molecule has 3 aromatic rings. The maximum Gasteiger partial charge on any atom is 0.242 e. The fraction of sp³-hybridized carbons (Fsp3) is 0.235. The van der Waals surface area contributed by atoms with Crippen molar-refractivity contribution in [3.8, 4) is 0 Å². The number of hydrogen-bond donors (Lipinski definition) is 2. The van der Waals surface area contributed by atoms with Crippen molar-refractivity contribution < 1.29 is 13.2 Å². The Labute approximate surface area is 155 Å². The maximum atomic E-state index is 12.5. The van der Waals surface area contributed by atoms with Crippen LogP contribution in [0.4, 0.5) is 0 Å². The van der Waals surface area contributed by atoms with Crippen LogP contribution in [0.25, 0.3) is 11.0 Å². The van der Waals surface area contributed by atoms with Crippen LogP contribution in [-0.2, 0) is 14.8 Å². The van der Waals surface area contributed by atoms with Crippen molar-refractivity contribution in [3.05, 3.63) is 54.1 Å². The van der Waals surface area contributed by atoms with Gasteiger partial charge in [0.15, 0.2) is 0 Å². The molecule has 2 N–H and O–H groups in total. The van der Waals surface area contributed by atoms with Gasteiger partial charge in [-0.15, -0.1) is 0 Å². The number of hydrogen-bond acceptors (Lipinski definition) is 6. The highest BCUT2D eigenvalue weighted by molar-refractivity contribution is 7.89. The minimum Gasteiger partial charge on any atom is -0.350 e. The Morgan fingerprint density at radius 1 is 1.12 bits per heavy atom. The Kier molecular flexibility index (Phi) is 5.60. The summed E-state index contributed by atoms with van der Waals surface area (Å²) in [5.41, 5.74) is 1.86.